The van der Waals surface area contributed by atoms with Crippen LogP contribution < -0.4 is 15.0 Å². The van der Waals surface area contributed by atoms with Crippen LogP contribution in [-0.2, 0) is 16.0 Å². The van der Waals surface area contributed by atoms with Gasteiger partial charge in [0.2, 0.25) is 0 Å². The van der Waals surface area contributed by atoms with Gasteiger partial charge in [0, 0.05) is 38.9 Å². The van der Waals surface area contributed by atoms with Crippen LogP contribution in [-0.4, -0.2) is 63.9 Å². The van der Waals surface area contributed by atoms with E-state index in [-0.39, 0.29) is 18.6 Å². The first-order valence-electron chi connectivity index (χ1n) is 10.8. The fraction of sp³-hybridized carbons (Fsp3) is 0.458. The van der Waals surface area contributed by atoms with Gasteiger partial charge in [0.05, 0.1) is 19.3 Å². The molecule has 1 fully saturated rings. The van der Waals surface area contributed by atoms with Gasteiger partial charge in [-0.25, -0.2) is 0 Å². The number of para-hydroxylation sites is 1. The Morgan fingerprint density at radius 1 is 1.13 bits per heavy atom. The Kier molecular flexibility index (Phi) is 6.87. The summed E-state index contributed by atoms with van der Waals surface area (Å²) in [6, 6.07) is 16.3. The van der Waals surface area contributed by atoms with Crippen LogP contribution in [0.15, 0.2) is 48.5 Å². The van der Waals surface area contributed by atoms with Crippen LogP contribution >= 0.6 is 0 Å². The summed E-state index contributed by atoms with van der Waals surface area (Å²) in [6.45, 7) is 4.90. The normalized spacial score (nSPS) is 17.8. The van der Waals surface area contributed by atoms with Crippen molar-refractivity contribution in [2.24, 2.45) is 0 Å². The summed E-state index contributed by atoms with van der Waals surface area (Å²) in [5.74, 6) is 0.603. The number of aryl methyl sites for hydroxylation is 1. The van der Waals surface area contributed by atoms with E-state index in [1.54, 1.807) is 0 Å². The van der Waals surface area contributed by atoms with Crippen LogP contribution in [0.5, 0.6) is 5.75 Å². The highest BCUT2D eigenvalue weighted by Crippen LogP contribution is 2.30. The molecule has 0 saturated carbocycles. The summed E-state index contributed by atoms with van der Waals surface area (Å²) < 4.78 is 11.1. The highest BCUT2D eigenvalue weighted by molar-refractivity contribution is 5.77. The van der Waals surface area contributed by atoms with Crippen LogP contribution in [0, 0.1) is 0 Å². The number of carbonyl (C=O) groups is 1. The molecule has 2 aromatic carbocycles. The van der Waals surface area contributed by atoms with E-state index in [2.05, 4.69) is 40.4 Å². The Morgan fingerprint density at radius 3 is 2.73 bits per heavy atom. The number of rotatable bonds is 7. The number of anilines is 1. The number of amides is 1. The quantitative estimate of drug-likeness (QED) is 0.762. The molecule has 6 heteroatoms. The monoisotopic (exact) mass is 409 g/mol. The average Bonchev–Trinajstić information content (AvgIpc) is 2.79. The molecular formula is C24H31N3O3. The highest BCUT2D eigenvalue weighted by Gasteiger charge is 2.25. The number of ether oxygens (including phenoxy) is 2. The van der Waals surface area contributed by atoms with E-state index in [0.717, 1.165) is 39.3 Å². The minimum Gasteiger partial charge on any atom is -0.484 e. The Balaban J connectivity index is 1.43. The minimum atomic E-state index is -0.102. The first kappa shape index (κ1) is 20.7. The van der Waals surface area contributed by atoms with Gasteiger partial charge in [-0.15, -0.1) is 0 Å². The van der Waals surface area contributed by atoms with E-state index >= 15 is 0 Å². The molecule has 0 spiro atoms. The molecule has 1 N–H and O–H groups in total. The van der Waals surface area contributed by atoms with Crippen molar-refractivity contribution >= 4 is 11.6 Å². The molecule has 160 valence electrons. The van der Waals surface area contributed by atoms with E-state index < -0.39 is 0 Å². The number of nitrogens with one attached hydrogen (secondary N) is 1. The summed E-state index contributed by atoms with van der Waals surface area (Å²) in [6.07, 6.45) is 2.29. The number of morpholine rings is 1. The Hall–Kier alpha value is -2.57. The zero-order valence-electron chi connectivity index (χ0n) is 17.7. The van der Waals surface area contributed by atoms with Gasteiger partial charge in [-0.2, -0.15) is 0 Å². The summed E-state index contributed by atoms with van der Waals surface area (Å²) in [4.78, 5) is 17.2. The second-order valence-electron chi connectivity index (χ2n) is 7.98. The van der Waals surface area contributed by atoms with Gasteiger partial charge in [0.15, 0.2) is 6.61 Å². The fourth-order valence-electron chi connectivity index (χ4n) is 4.29. The predicted octanol–water partition coefficient (Wildman–Crippen LogP) is 2.64. The Morgan fingerprint density at radius 2 is 1.93 bits per heavy atom. The van der Waals surface area contributed by atoms with Crippen molar-refractivity contribution in [3.63, 3.8) is 0 Å². The van der Waals surface area contributed by atoms with Crippen molar-refractivity contribution in [3.05, 3.63) is 59.7 Å². The number of carbonyl (C=O) groups excluding carboxylic acids is 1. The minimum absolute atomic E-state index is 0.0226. The second kappa shape index (κ2) is 9.96. The number of fused-ring (bicyclic) bond motifs is 1. The molecule has 2 aliphatic heterocycles. The molecule has 2 aliphatic rings. The number of benzene rings is 2. The Labute approximate surface area is 178 Å². The summed E-state index contributed by atoms with van der Waals surface area (Å²) in [5, 5.41) is 3.08. The van der Waals surface area contributed by atoms with E-state index in [9.17, 15) is 4.79 Å². The molecule has 30 heavy (non-hydrogen) atoms. The van der Waals surface area contributed by atoms with Crippen LogP contribution in [0.4, 0.5) is 5.69 Å². The van der Waals surface area contributed by atoms with E-state index in [0.29, 0.717) is 12.3 Å². The van der Waals surface area contributed by atoms with Crippen molar-refractivity contribution < 1.29 is 14.3 Å². The van der Waals surface area contributed by atoms with Crippen molar-refractivity contribution in [2.75, 3.05) is 57.9 Å². The molecule has 2 aromatic rings. The predicted molar refractivity (Wildman–Crippen MR) is 118 cm³/mol. The molecule has 0 aromatic heterocycles. The largest absolute Gasteiger partial charge is 0.484 e. The summed E-state index contributed by atoms with van der Waals surface area (Å²) in [7, 11) is 2.16. The first-order chi connectivity index (χ1) is 14.7. The average molecular weight is 410 g/mol. The SMILES string of the molecule is CN1CCCc2cc([C@@H](CNC(=O)COc3ccccc3)N3CCOCC3)ccc21. The van der Waals surface area contributed by atoms with E-state index in [1.165, 1.54) is 23.2 Å². The third-order valence-corrected chi connectivity index (χ3v) is 5.93. The molecule has 2 heterocycles. The topological polar surface area (TPSA) is 54.0 Å². The highest BCUT2D eigenvalue weighted by atomic mass is 16.5. The van der Waals surface area contributed by atoms with E-state index in [1.807, 2.05) is 30.3 Å². The van der Waals surface area contributed by atoms with Gasteiger partial charge in [-0.1, -0.05) is 30.3 Å². The maximum absolute atomic E-state index is 12.4. The van der Waals surface area contributed by atoms with Gasteiger partial charge in [-0.05, 0) is 42.2 Å². The zero-order chi connectivity index (χ0) is 20.8. The maximum atomic E-state index is 12.4. The fourth-order valence-corrected chi connectivity index (χ4v) is 4.29. The molecule has 0 aliphatic carbocycles. The number of nitrogens with zero attached hydrogens (tertiary/aromatic N) is 2. The molecule has 1 saturated heterocycles. The third kappa shape index (κ3) is 5.12. The Bertz CT molecular complexity index is 837. The lowest BCUT2D eigenvalue weighted by molar-refractivity contribution is -0.123. The van der Waals surface area contributed by atoms with Crippen molar-refractivity contribution in [2.45, 2.75) is 18.9 Å². The standard InChI is InChI=1S/C24H31N3O3/c1-26-11-5-6-19-16-20(9-10-22(19)26)23(27-12-14-29-15-13-27)17-25-24(28)18-30-21-7-3-2-4-8-21/h2-4,7-10,16,23H,5-6,11-15,17-18H2,1H3,(H,25,28)/t23-/m1/s1. The van der Waals surface area contributed by atoms with Gasteiger partial charge in [0.25, 0.3) is 5.91 Å². The lowest BCUT2D eigenvalue weighted by Gasteiger charge is -2.36. The first-order valence-corrected chi connectivity index (χ1v) is 10.8. The summed E-state index contributed by atoms with van der Waals surface area (Å²) in [5.41, 5.74) is 3.99. The molecule has 4 rings (SSSR count). The summed E-state index contributed by atoms with van der Waals surface area (Å²) >= 11 is 0. The van der Waals surface area contributed by atoms with Gasteiger partial charge < -0.3 is 19.7 Å². The maximum Gasteiger partial charge on any atom is 0.258 e. The molecule has 0 radical (unpaired) electrons. The lowest BCUT2D eigenvalue weighted by Crippen LogP contribution is -2.44. The van der Waals surface area contributed by atoms with Gasteiger partial charge in [0.1, 0.15) is 5.75 Å². The zero-order valence-corrected chi connectivity index (χ0v) is 17.7. The molecule has 6 nitrogen and oxygen atoms in total. The molecule has 1 atom stereocenters. The van der Waals surface area contributed by atoms with Crippen LogP contribution in [0.1, 0.15) is 23.6 Å². The van der Waals surface area contributed by atoms with Crippen molar-refractivity contribution in [1.82, 2.24) is 10.2 Å². The van der Waals surface area contributed by atoms with Crippen LogP contribution in [0.25, 0.3) is 0 Å². The second-order valence-corrected chi connectivity index (χ2v) is 7.98. The molecule has 0 unspecified atom stereocenters. The third-order valence-electron chi connectivity index (χ3n) is 5.93. The van der Waals surface area contributed by atoms with Gasteiger partial charge >= 0.3 is 0 Å². The van der Waals surface area contributed by atoms with E-state index in [4.69, 9.17) is 9.47 Å². The molecular weight excluding hydrogens is 378 g/mol. The smallest absolute Gasteiger partial charge is 0.258 e. The van der Waals surface area contributed by atoms with Crippen molar-refractivity contribution in [1.29, 1.82) is 0 Å². The van der Waals surface area contributed by atoms with Gasteiger partial charge in [-0.3, -0.25) is 9.69 Å². The number of hydrogen-bond acceptors (Lipinski definition) is 5. The number of hydrogen-bond donors (Lipinski definition) is 1. The molecule has 1 amide bonds. The van der Waals surface area contributed by atoms with Crippen LogP contribution in [0.2, 0.25) is 0 Å². The van der Waals surface area contributed by atoms with Crippen molar-refractivity contribution in [3.8, 4) is 5.75 Å². The lowest BCUT2D eigenvalue weighted by atomic mass is 9.95. The van der Waals surface area contributed by atoms with Crippen LogP contribution in [0.3, 0.4) is 0 Å². The molecule has 0 bridgehead atoms.